The zero-order chi connectivity index (χ0) is 14.7. The summed E-state index contributed by atoms with van der Waals surface area (Å²) in [4.78, 5) is 14.9. The molecule has 1 aliphatic carbocycles. The Morgan fingerprint density at radius 1 is 1.19 bits per heavy atom. The van der Waals surface area contributed by atoms with Gasteiger partial charge in [0, 0.05) is 16.9 Å². The quantitative estimate of drug-likeness (QED) is 0.616. The summed E-state index contributed by atoms with van der Waals surface area (Å²) in [6.45, 7) is 0. The molecule has 0 unspecified atom stereocenters. The average Bonchev–Trinajstić information content (AvgIpc) is 2.79. The number of methoxy groups -OCH3 is 1. The molecule has 1 aliphatic rings. The summed E-state index contributed by atoms with van der Waals surface area (Å²) >= 11 is 1.70. The second-order valence-corrected chi connectivity index (χ2v) is 6.67. The van der Waals surface area contributed by atoms with Crippen LogP contribution in [-0.2, 0) is 19.3 Å². The topological polar surface area (TPSA) is 26.3 Å². The Bertz CT molecular complexity index is 619. The fraction of sp³-hybridized carbons (Fsp3) is 0.389. The van der Waals surface area contributed by atoms with E-state index in [0.29, 0.717) is 6.42 Å². The first kappa shape index (κ1) is 14.3. The lowest BCUT2D eigenvalue weighted by Gasteiger charge is -2.06. The van der Waals surface area contributed by atoms with Gasteiger partial charge in [-0.2, -0.15) is 0 Å². The van der Waals surface area contributed by atoms with Crippen molar-refractivity contribution in [3.63, 3.8) is 0 Å². The van der Waals surface area contributed by atoms with E-state index in [4.69, 9.17) is 4.74 Å². The molecule has 2 nitrogen and oxygen atoms in total. The number of hydrogen-bond acceptors (Lipinski definition) is 3. The van der Waals surface area contributed by atoms with E-state index in [-0.39, 0.29) is 5.78 Å². The van der Waals surface area contributed by atoms with Gasteiger partial charge >= 0.3 is 0 Å². The van der Waals surface area contributed by atoms with E-state index in [1.165, 1.54) is 29.7 Å². The van der Waals surface area contributed by atoms with Crippen LogP contribution in [0.25, 0.3) is 0 Å². The van der Waals surface area contributed by atoms with Crippen LogP contribution in [0.2, 0.25) is 0 Å². The van der Waals surface area contributed by atoms with Gasteiger partial charge in [0.25, 0.3) is 0 Å². The highest BCUT2D eigenvalue weighted by molar-refractivity contribution is 7.14. The number of rotatable bonds is 4. The molecule has 0 atom stereocenters. The van der Waals surface area contributed by atoms with Crippen molar-refractivity contribution in [1.82, 2.24) is 0 Å². The van der Waals surface area contributed by atoms with E-state index in [1.54, 1.807) is 18.4 Å². The van der Waals surface area contributed by atoms with Crippen molar-refractivity contribution in [1.29, 1.82) is 0 Å². The highest BCUT2D eigenvalue weighted by Crippen LogP contribution is 2.30. The van der Waals surface area contributed by atoms with Crippen LogP contribution in [0.15, 0.2) is 30.3 Å². The van der Waals surface area contributed by atoms with Crippen molar-refractivity contribution >= 4 is 17.1 Å². The summed E-state index contributed by atoms with van der Waals surface area (Å²) < 4.78 is 5.33. The number of Topliss-reactive ketones (excluding diaryl/α,β-unsaturated/α-hetero) is 1. The third-order valence-corrected chi connectivity index (χ3v) is 5.34. The molecule has 1 aromatic heterocycles. The van der Waals surface area contributed by atoms with Crippen molar-refractivity contribution in [2.24, 2.45) is 0 Å². The van der Waals surface area contributed by atoms with E-state index < -0.39 is 0 Å². The molecular formula is C18H20O2S. The van der Waals surface area contributed by atoms with Gasteiger partial charge in [-0.25, -0.2) is 0 Å². The van der Waals surface area contributed by atoms with Gasteiger partial charge in [-0.05, 0) is 43.4 Å². The number of ketones is 1. The van der Waals surface area contributed by atoms with Crippen LogP contribution in [0.3, 0.4) is 0 Å². The Labute approximate surface area is 129 Å². The molecule has 0 spiro atoms. The minimum atomic E-state index is 0.206. The SMILES string of the molecule is COc1ccccc1CC(=O)c1cc2c(s1)CCCCC2. The largest absolute Gasteiger partial charge is 0.496 e. The average molecular weight is 300 g/mol. The first-order chi connectivity index (χ1) is 10.3. The molecule has 1 heterocycles. The van der Waals surface area contributed by atoms with E-state index in [1.807, 2.05) is 24.3 Å². The Morgan fingerprint density at radius 2 is 2.00 bits per heavy atom. The van der Waals surface area contributed by atoms with Crippen molar-refractivity contribution in [3.8, 4) is 5.75 Å². The summed E-state index contributed by atoms with van der Waals surface area (Å²) in [7, 11) is 1.65. The molecule has 0 aliphatic heterocycles. The third-order valence-electron chi connectivity index (χ3n) is 4.06. The molecule has 3 heteroatoms. The Morgan fingerprint density at radius 3 is 2.86 bits per heavy atom. The number of hydrogen-bond donors (Lipinski definition) is 0. The fourth-order valence-corrected chi connectivity index (χ4v) is 4.11. The van der Waals surface area contributed by atoms with Gasteiger partial charge in [-0.3, -0.25) is 4.79 Å². The summed E-state index contributed by atoms with van der Waals surface area (Å²) in [5, 5.41) is 0. The zero-order valence-electron chi connectivity index (χ0n) is 12.4. The van der Waals surface area contributed by atoms with Gasteiger partial charge in [0.05, 0.1) is 12.0 Å². The minimum absolute atomic E-state index is 0.206. The molecule has 0 radical (unpaired) electrons. The van der Waals surface area contributed by atoms with Crippen LogP contribution in [0.4, 0.5) is 0 Å². The summed E-state index contributed by atoms with van der Waals surface area (Å²) in [5.74, 6) is 1.00. The first-order valence-corrected chi connectivity index (χ1v) is 8.36. The molecule has 0 amide bonds. The third kappa shape index (κ3) is 3.18. The molecule has 1 aromatic carbocycles. The van der Waals surface area contributed by atoms with Crippen molar-refractivity contribution in [2.45, 2.75) is 38.5 Å². The Balaban J connectivity index is 1.79. The van der Waals surface area contributed by atoms with E-state index >= 15 is 0 Å². The highest BCUT2D eigenvalue weighted by atomic mass is 32.1. The monoisotopic (exact) mass is 300 g/mol. The molecule has 2 aromatic rings. The summed E-state index contributed by atoms with van der Waals surface area (Å²) in [5.41, 5.74) is 2.37. The maximum Gasteiger partial charge on any atom is 0.177 e. The maximum absolute atomic E-state index is 12.5. The Kier molecular flexibility index (Phi) is 4.39. The van der Waals surface area contributed by atoms with Crippen molar-refractivity contribution in [2.75, 3.05) is 7.11 Å². The van der Waals surface area contributed by atoms with E-state index in [0.717, 1.165) is 29.0 Å². The number of thiophene rings is 1. The first-order valence-electron chi connectivity index (χ1n) is 7.54. The molecule has 21 heavy (non-hydrogen) atoms. The summed E-state index contributed by atoms with van der Waals surface area (Å²) in [6, 6.07) is 9.89. The second-order valence-electron chi connectivity index (χ2n) is 5.53. The number of benzene rings is 1. The lowest BCUT2D eigenvalue weighted by molar-refractivity contribution is 0.0996. The fourth-order valence-electron chi connectivity index (χ4n) is 2.91. The molecule has 3 rings (SSSR count). The number of aryl methyl sites for hydroxylation is 2. The van der Waals surface area contributed by atoms with Gasteiger partial charge in [0.1, 0.15) is 5.75 Å². The number of carbonyl (C=O) groups is 1. The highest BCUT2D eigenvalue weighted by Gasteiger charge is 2.17. The van der Waals surface area contributed by atoms with Gasteiger partial charge in [0.2, 0.25) is 0 Å². The van der Waals surface area contributed by atoms with Crippen LogP contribution in [0, 0.1) is 0 Å². The predicted molar refractivity (Wildman–Crippen MR) is 86.6 cm³/mol. The molecule has 0 fully saturated rings. The second kappa shape index (κ2) is 6.44. The number of carbonyl (C=O) groups excluding carboxylic acids is 1. The minimum Gasteiger partial charge on any atom is -0.496 e. The van der Waals surface area contributed by atoms with Gasteiger partial charge in [-0.1, -0.05) is 24.6 Å². The lowest BCUT2D eigenvalue weighted by Crippen LogP contribution is -2.03. The number of fused-ring (bicyclic) bond motifs is 1. The van der Waals surface area contributed by atoms with Crippen molar-refractivity contribution < 1.29 is 9.53 Å². The van der Waals surface area contributed by atoms with Crippen molar-refractivity contribution in [3.05, 3.63) is 51.2 Å². The molecule has 0 N–H and O–H groups in total. The van der Waals surface area contributed by atoms with Gasteiger partial charge in [0.15, 0.2) is 5.78 Å². The zero-order valence-corrected chi connectivity index (χ0v) is 13.2. The maximum atomic E-state index is 12.5. The van der Waals surface area contributed by atoms with Crippen LogP contribution < -0.4 is 4.74 Å². The normalized spacial score (nSPS) is 14.3. The van der Waals surface area contributed by atoms with E-state index in [9.17, 15) is 4.79 Å². The predicted octanol–water partition coefficient (Wildman–Crippen LogP) is 4.45. The van der Waals surface area contributed by atoms with Crippen LogP contribution in [0.1, 0.15) is 44.9 Å². The molecule has 0 bridgehead atoms. The van der Waals surface area contributed by atoms with Crippen LogP contribution >= 0.6 is 11.3 Å². The van der Waals surface area contributed by atoms with E-state index in [2.05, 4.69) is 6.07 Å². The molecule has 0 saturated heterocycles. The Hall–Kier alpha value is -1.61. The number of ether oxygens (including phenoxy) is 1. The van der Waals surface area contributed by atoms with Gasteiger partial charge in [-0.15, -0.1) is 11.3 Å². The molecular weight excluding hydrogens is 280 g/mol. The lowest BCUT2D eigenvalue weighted by atomic mass is 10.1. The molecule has 110 valence electrons. The van der Waals surface area contributed by atoms with Crippen LogP contribution in [0.5, 0.6) is 5.75 Å². The van der Waals surface area contributed by atoms with Crippen LogP contribution in [-0.4, -0.2) is 12.9 Å². The molecule has 0 saturated carbocycles. The summed E-state index contributed by atoms with van der Waals surface area (Å²) in [6.07, 6.45) is 6.52. The standard InChI is InChI=1S/C18H20O2S/c1-20-16-9-6-5-7-13(16)11-15(19)18-12-14-8-3-2-4-10-17(14)21-18/h5-7,9,12H,2-4,8,10-11H2,1H3. The number of para-hydroxylation sites is 1. The van der Waals surface area contributed by atoms with Gasteiger partial charge < -0.3 is 4.74 Å². The smallest absolute Gasteiger partial charge is 0.177 e.